The quantitative estimate of drug-likeness (QED) is 0.586. The fourth-order valence-electron chi connectivity index (χ4n) is 1.88. The Morgan fingerprint density at radius 3 is 2.71 bits per heavy atom. The van der Waals surface area contributed by atoms with Crippen molar-refractivity contribution in [3.8, 4) is 12.3 Å². The number of methoxy groups -OCH3 is 1. The zero-order chi connectivity index (χ0) is 12.8. The zero-order valence-electron chi connectivity index (χ0n) is 10.6. The van der Waals surface area contributed by atoms with Crippen molar-refractivity contribution in [2.75, 3.05) is 7.11 Å². The summed E-state index contributed by atoms with van der Waals surface area (Å²) in [4.78, 5) is 11.5. The van der Waals surface area contributed by atoms with Gasteiger partial charge in [-0.25, -0.2) is 4.79 Å². The normalized spacial score (nSPS) is 11.9. The lowest BCUT2D eigenvalue weighted by Gasteiger charge is -2.19. The highest BCUT2D eigenvalue weighted by Crippen LogP contribution is 2.28. The van der Waals surface area contributed by atoms with Gasteiger partial charge in [-0.3, -0.25) is 0 Å². The molecule has 0 aliphatic carbocycles. The van der Waals surface area contributed by atoms with E-state index in [0.29, 0.717) is 17.9 Å². The molecule has 0 saturated heterocycles. The summed E-state index contributed by atoms with van der Waals surface area (Å²) in [6.45, 7) is 4.26. The number of esters is 1. The summed E-state index contributed by atoms with van der Waals surface area (Å²) < 4.78 is 4.71. The summed E-state index contributed by atoms with van der Waals surface area (Å²) in [6, 6.07) is 7.50. The van der Waals surface area contributed by atoms with Crippen molar-refractivity contribution in [3.05, 3.63) is 35.4 Å². The van der Waals surface area contributed by atoms with Crippen LogP contribution in [0.15, 0.2) is 24.3 Å². The van der Waals surface area contributed by atoms with Gasteiger partial charge in [0, 0.05) is 6.42 Å². The van der Waals surface area contributed by atoms with Gasteiger partial charge in [0.15, 0.2) is 0 Å². The van der Waals surface area contributed by atoms with E-state index < -0.39 is 0 Å². The molecule has 0 aliphatic rings. The van der Waals surface area contributed by atoms with Crippen LogP contribution < -0.4 is 0 Å². The van der Waals surface area contributed by atoms with Gasteiger partial charge in [0.2, 0.25) is 0 Å². The molecule has 1 aromatic rings. The third-order valence-corrected chi connectivity index (χ3v) is 2.88. The van der Waals surface area contributed by atoms with Crippen molar-refractivity contribution in [2.45, 2.75) is 26.2 Å². The molecule has 2 nitrogen and oxygen atoms in total. The Hall–Kier alpha value is -1.75. The van der Waals surface area contributed by atoms with Gasteiger partial charge in [-0.15, -0.1) is 12.3 Å². The number of carbonyl (C=O) groups is 1. The van der Waals surface area contributed by atoms with E-state index in [1.165, 1.54) is 7.11 Å². The molecule has 2 heteroatoms. The summed E-state index contributed by atoms with van der Waals surface area (Å²) >= 11 is 0. The van der Waals surface area contributed by atoms with Crippen LogP contribution in [0.25, 0.3) is 0 Å². The van der Waals surface area contributed by atoms with Crippen molar-refractivity contribution >= 4 is 5.97 Å². The Kier molecular flexibility index (Phi) is 4.78. The number of benzene rings is 1. The van der Waals surface area contributed by atoms with Gasteiger partial charge >= 0.3 is 5.97 Å². The molecule has 0 amide bonds. The van der Waals surface area contributed by atoms with E-state index >= 15 is 0 Å². The average Bonchev–Trinajstić information content (AvgIpc) is 2.34. The largest absolute Gasteiger partial charge is 0.465 e. The molecular weight excluding hydrogens is 212 g/mol. The maximum atomic E-state index is 11.5. The van der Waals surface area contributed by atoms with Crippen molar-refractivity contribution in [3.63, 3.8) is 0 Å². The third-order valence-electron chi connectivity index (χ3n) is 2.88. The Morgan fingerprint density at radius 2 is 2.18 bits per heavy atom. The smallest absolute Gasteiger partial charge is 0.337 e. The molecule has 0 radical (unpaired) electrons. The monoisotopic (exact) mass is 230 g/mol. The molecule has 0 aromatic heterocycles. The summed E-state index contributed by atoms with van der Waals surface area (Å²) in [5, 5.41) is 0. The highest BCUT2D eigenvalue weighted by molar-refractivity contribution is 5.89. The van der Waals surface area contributed by atoms with Crippen LogP contribution in [-0.4, -0.2) is 13.1 Å². The summed E-state index contributed by atoms with van der Waals surface area (Å²) in [6.07, 6.45) is 6.07. The first kappa shape index (κ1) is 13.3. The van der Waals surface area contributed by atoms with E-state index in [1.807, 2.05) is 18.2 Å². The summed E-state index contributed by atoms with van der Waals surface area (Å²) in [5.41, 5.74) is 1.67. The van der Waals surface area contributed by atoms with Gasteiger partial charge < -0.3 is 4.74 Å². The lowest BCUT2D eigenvalue weighted by atomic mass is 9.85. The Balaban J connectivity index is 3.04. The van der Waals surface area contributed by atoms with Crippen molar-refractivity contribution < 1.29 is 9.53 Å². The van der Waals surface area contributed by atoms with Crippen molar-refractivity contribution in [2.24, 2.45) is 5.92 Å². The Bertz CT molecular complexity index is 427. The third kappa shape index (κ3) is 3.35. The van der Waals surface area contributed by atoms with Crippen LogP contribution >= 0.6 is 0 Å². The molecule has 0 N–H and O–H groups in total. The van der Waals surface area contributed by atoms with Crippen LogP contribution in [0.4, 0.5) is 0 Å². The van der Waals surface area contributed by atoms with E-state index in [0.717, 1.165) is 5.56 Å². The van der Waals surface area contributed by atoms with E-state index in [4.69, 9.17) is 11.2 Å². The number of carbonyl (C=O) groups excluding carboxylic acids is 1. The molecule has 90 valence electrons. The minimum atomic E-state index is -0.310. The molecule has 1 atom stereocenters. The maximum Gasteiger partial charge on any atom is 0.337 e. The summed E-state index contributed by atoms with van der Waals surface area (Å²) in [7, 11) is 1.39. The van der Waals surface area contributed by atoms with Crippen LogP contribution in [0.3, 0.4) is 0 Å². The molecule has 1 rings (SSSR count). The fourth-order valence-corrected chi connectivity index (χ4v) is 1.88. The lowest BCUT2D eigenvalue weighted by Crippen LogP contribution is -2.08. The predicted molar refractivity (Wildman–Crippen MR) is 68.8 cm³/mol. The Labute approximate surface area is 103 Å². The molecule has 0 fully saturated rings. The number of hydrogen-bond acceptors (Lipinski definition) is 2. The summed E-state index contributed by atoms with van der Waals surface area (Å²) in [5.74, 6) is 3.11. The molecule has 1 aromatic carbocycles. The van der Waals surface area contributed by atoms with Crippen molar-refractivity contribution in [1.29, 1.82) is 0 Å². The number of rotatable bonds is 4. The standard InChI is InChI=1S/C15H18O2/c1-5-7-14(11(2)3)12-8-6-9-13(10-12)15(16)17-4/h1,6,8-11,14H,7H2,2-4H3. The topological polar surface area (TPSA) is 26.3 Å². The Morgan fingerprint density at radius 1 is 1.47 bits per heavy atom. The van der Waals surface area contributed by atoms with E-state index in [1.54, 1.807) is 6.07 Å². The molecule has 0 spiro atoms. The number of hydrogen-bond donors (Lipinski definition) is 0. The molecular formula is C15H18O2. The van der Waals surface area contributed by atoms with Crippen LogP contribution in [0, 0.1) is 18.3 Å². The van der Waals surface area contributed by atoms with E-state index in [9.17, 15) is 4.79 Å². The second-order valence-electron chi connectivity index (χ2n) is 4.38. The molecule has 17 heavy (non-hydrogen) atoms. The van der Waals surface area contributed by atoms with Crippen LogP contribution in [0.5, 0.6) is 0 Å². The first-order valence-corrected chi connectivity index (χ1v) is 5.72. The predicted octanol–water partition coefficient (Wildman–Crippen LogP) is 3.24. The van der Waals surface area contributed by atoms with Gasteiger partial charge in [-0.05, 0) is 29.5 Å². The van der Waals surface area contributed by atoms with Gasteiger partial charge in [-0.2, -0.15) is 0 Å². The minimum Gasteiger partial charge on any atom is -0.465 e. The molecule has 0 heterocycles. The molecule has 0 saturated carbocycles. The van der Waals surface area contributed by atoms with Crippen LogP contribution in [-0.2, 0) is 4.74 Å². The van der Waals surface area contributed by atoms with Crippen LogP contribution in [0.1, 0.15) is 42.1 Å². The molecule has 1 unspecified atom stereocenters. The first-order chi connectivity index (χ1) is 8.10. The van der Waals surface area contributed by atoms with Crippen molar-refractivity contribution in [1.82, 2.24) is 0 Å². The highest BCUT2D eigenvalue weighted by Gasteiger charge is 2.16. The first-order valence-electron chi connectivity index (χ1n) is 5.72. The zero-order valence-corrected chi connectivity index (χ0v) is 10.6. The fraction of sp³-hybridized carbons (Fsp3) is 0.400. The van der Waals surface area contributed by atoms with E-state index in [2.05, 4.69) is 19.8 Å². The number of ether oxygens (including phenoxy) is 1. The maximum absolute atomic E-state index is 11.5. The van der Waals surface area contributed by atoms with E-state index in [-0.39, 0.29) is 11.9 Å². The van der Waals surface area contributed by atoms with Gasteiger partial charge in [0.25, 0.3) is 0 Å². The van der Waals surface area contributed by atoms with Gasteiger partial charge in [-0.1, -0.05) is 26.0 Å². The SMILES string of the molecule is C#CCC(c1cccc(C(=O)OC)c1)C(C)C. The second kappa shape index (κ2) is 6.10. The minimum absolute atomic E-state index is 0.282. The van der Waals surface area contributed by atoms with Gasteiger partial charge in [0.1, 0.15) is 0 Å². The average molecular weight is 230 g/mol. The molecule has 0 aliphatic heterocycles. The second-order valence-corrected chi connectivity index (χ2v) is 4.38. The van der Waals surface area contributed by atoms with Crippen LogP contribution in [0.2, 0.25) is 0 Å². The molecule has 0 bridgehead atoms. The highest BCUT2D eigenvalue weighted by atomic mass is 16.5. The lowest BCUT2D eigenvalue weighted by molar-refractivity contribution is 0.0600. The number of terminal acetylenes is 1. The van der Waals surface area contributed by atoms with Gasteiger partial charge in [0.05, 0.1) is 12.7 Å².